The van der Waals surface area contributed by atoms with Crippen LogP contribution in [0.5, 0.6) is 0 Å². The summed E-state index contributed by atoms with van der Waals surface area (Å²) >= 11 is 1.81. The Kier molecular flexibility index (Phi) is 3.43. The van der Waals surface area contributed by atoms with E-state index in [0.29, 0.717) is 6.54 Å². The topological polar surface area (TPSA) is 45.2 Å². The predicted octanol–water partition coefficient (Wildman–Crippen LogP) is 1.45. The Morgan fingerprint density at radius 1 is 1.50 bits per heavy atom. The van der Waals surface area contributed by atoms with Gasteiger partial charge in [-0.1, -0.05) is 0 Å². The molecule has 0 bridgehead atoms. The van der Waals surface area contributed by atoms with E-state index in [0.717, 1.165) is 17.8 Å². The summed E-state index contributed by atoms with van der Waals surface area (Å²) in [6.07, 6.45) is 4.43. The molecule has 16 heavy (non-hydrogen) atoms. The third kappa shape index (κ3) is 2.52. The summed E-state index contributed by atoms with van der Waals surface area (Å²) in [4.78, 5) is 18.9. The van der Waals surface area contributed by atoms with Gasteiger partial charge in [0.2, 0.25) is 0 Å². The fourth-order valence-electron chi connectivity index (χ4n) is 1.79. The molecule has 1 heterocycles. The SMILES string of the molecule is CN(C)C(=O)NCCc1nc2c(s1)CCC2. The molecular formula is C11H17N3OS. The van der Waals surface area contributed by atoms with Crippen LogP contribution in [0, 0.1) is 0 Å². The molecule has 88 valence electrons. The van der Waals surface area contributed by atoms with Gasteiger partial charge in [0, 0.05) is 31.9 Å². The third-order valence-corrected chi connectivity index (χ3v) is 3.88. The van der Waals surface area contributed by atoms with Gasteiger partial charge in [0.25, 0.3) is 0 Å². The molecule has 1 N–H and O–H groups in total. The molecule has 1 aliphatic carbocycles. The first-order valence-corrected chi connectivity index (χ1v) is 6.41. The van der Waals surface area contributed by atoms with Gasteiger partial charge in [0.1, 0.15) is 0 Å². The molecule has 0 unspecified atom stereocenters. The standard InChI is InChI=1S/C11H17N3OS/c1-14(2)11(15)12-7-6-10-13-8-4-3-5-9(8)16-10/h3-7H2,1-2H3,(H,12,15). The van der Waals surface area contributed by atoms with Gasteiger partial charge in [0.05, 0.1) is 10.7 Å². The summed E-state index contributed by atoms with van der Waals surface area (Å²) in [7, 11) is 3.49. The average molecular weight is 239 g/mol. The molecule has 2 amide bonds. The van der Waals surface area contributed by atoms with Crippen molar-refractivity contribution in [3.05, 3.63) is 15.6 Å². The van der Waals surface area contributed by atoms with E-state index < -0.39 is 0 Å². The minimum Gasteiger partial charge on any atom is -0.338 e. The minimum absolute atomic E-state index is 0.0379. The zero-order valence-corrected chi connectivity index (χ0v) is 10.6. The Morgan fingerprint density at radius 2 is 2.31 bits per heavy atom. The molecule has 0 fully saturated rings. The lowest BCUT2D eigenvalue weighted by Crippen LogP contribution is -2.35. The van der Waals surface area contributed by atoms with Gasteiger partial charge in [-0.3, -0.25) is 0 Å². The number of fused-ring (bicyclic) bond motifs is 1. The van der Waals surface area contributed by atoms with Crippen molar-refractivity contribution in [3.8, 4) is 0 Å². The van der Waals surface area contributed by atoms with Gasteiger partial charge in [-0.05, 0) is 19.3 Å². The molecule has 4 nitrogen and oxygen atoms in total. The van der Waals surface area contributed by atoms with E-state index in [-0.39, 0.29) is 6.03 Å². The van der Waals surface area contributed by atoms with E-state index in [9.17, 15) is 4.79 Å². The van der Waals surface area contributed by atoms with Crippen LogP contribution in [-0.2, 0) is 19.3 Å². The second-order valence-corrected chi connectivity index (χ2v) is 5.38. The monoisotopic (exact) mass is 239 g/mol. The number of carbonyl (C=O) groups excluding carboxylic acids is 1. The number of aromatic nitrogens is 1. The van der Waals surface area contributed by atoms with E-state index in [1.807, 2.05) is 0 Å². The summed E-state index contributed by atoms with van der Waals surface area (Å²) in [5, 5.41) is 4.01. The zero-order chi connectivity index (χ0) is 11.5. The van der Waals surface area contributed by atoms with Gasteiger partial charge >= 0.3 is 6.03 Å². The molecule has 1 aromatic rings. The summed E-state index contributed by atoms with van der Waals surface area (Å²) in [6.45, 7) is 0.670. The van der Waals surface area contributed by atoms with Crippen LogP contribution in [0.25, 0.3) is 0 Å². The van der Waals surface area contributed by atoms with Crippen LogP contribution in [0.2, 0.25) is 0 Å². The Labute approximate surface area is 99.7 Å². The number of thiazole rings is 1. The van der Waals surface area contributed by atoms with E-state index in [2.05, 4.69) is 10.3 Å². The van der Waals surface area contributed by atoms with Crippen LogP contribution in [0.1, 0.15) is 22.0 Å². The number of carbonyl (C=O) groups is 1. The summed E-state index contributed by atoms with van der Waals surface area (Å²) < 4.78 is 0. The second-order valence-electron chi connectivity index (χ2n) is 4.21. The van der Waals surface area contributed by atoms with Crippen LogP contribution in [0.15, 0.2) is 0 Å². The van der Waals surface area contributed by atoms with Gasteiger partial charge in [-0.15, -0.1) is 11.3 Å². The first kappa shape index (κ1) is 11.4. The number of nitrogens with zero attached hydrogens (tertiary/aromatic N) is 2. The van der Waals surface area contributed by atoms with Crippen LogP contribution in [-0.4, -0.2) is 36.6 Å². The number of urea groups is 1. The molecule has 0 radical (unpaired) electrons. The Bertz CT molecular complexity index is 365. The average Bonchev–Trinajstić information content (AvgIpc) is 2.77. The lowest BCUT2D eigenvalue weighted by Gasteiger charge is -2.10. The summed E-state index contributed by atoms with van der Waals surface area (Å²) in [6, 6.07) is -0.0379. The molecule has 0 saturated carbocycles. The Balaban J connectivity index is 1.79. The largest absolute Gasteiger partial charge is 0.338 e. The van der Waals surface area contributed by atoms with Crippen molar-refractivity contribution >= 4 is 17.4 Å². The first-order valence-electron chi connectivity index (χ1n) is 5.59. The van der Waals surface area contributed by atoms with Crippen molar-refractivity contribution in [2.24, 2.45) is 0 Å². The third-order valence-electron chi connectivity index (χ3n) is 2.66. The number of hydrogen-bond acceptors (Lipinski definition) is 3. The minimum atomic E-state index is -0.0379. The Morgan fingerprint density at radius 3 is 3.00 bits per heavy atom. The maximum atomic E-state index is 11.3. The quantitative estimate of drug-likeness (QED) is 0.867. The van der Waals surface area contributed by atoms with E-state index in [4.69, 9.17) is 0 Å². The van der Waals surface area contributed by atoms with Gasteiger partial charge in [-0.25, -0.2) is 9.78 Å². The fraction of sp³-hybridized carbons (Fsp3) is 0.636. The molecule has 0 atom stereocenters. The molecule has 0 saturated heterocycles. The molecule has 5 heteroatoms. The summed E-state index contributed by atoms with van der Waals surface area (Å²) in [5.41, 5.74) is 1.29. The van der Waals surface area contributed by atoms with Crippen LogP contribution >= 0.6 is 11.3 Å². The van der Waals surface area contributed by atoms with E-state index in [1.165, 1.54) is 23.4 Å². The number of amides is 2. The molecular weight excluding hydrogens is 222 g/mol. The number of rotatable bonds is 3. The first-order chi connectivity index (χ1) is 7.66. The lowest BCUT2D eigenvalue weighted by molar-refractivity contribution is 0.217. The normalized spacial score (nSPS) is 13.6. The maximum Gasteiger partial charge on any atom is 0.316 e. The second kappa shape index (κ2) is 4.82. The highest BCUT2D eigenvalue weighted by atomic mass is 32.1. The Hall–Kier alpha value is -1.10. The number of aryl methyl sites for hydroxylation is 2. The van der Waals surface area contributed by atoms with Crippen molar-refractivity contribution in [2.75, 3.05) is 20.6 Å². The van der Waals surface area contributed by atoms with Crippen molar-refractivity contribution < 1.29 is 4.79 Å². The lowest BCUT2D eigenvalue weighted by atomic mass is 10.3. The van der Waals surface area contributed by atoms with Gasteiger partial charge in [-0.2, -0.15) is 0 Å². The maximum absolute atomic E-state index is 11.3. The van der Waals surface area contributed by atoms with Crippen molar-refractivity contribution in [1.82, 2.24) is 15.2 Å². The highest BCUT2D eigenvalue weighted by Gasteiger charge is 2.16. The molecule has 0 spiro atoms. The van der Waals surface area contributed by atoms with Crippen molar-refractivity contribution in [3.63, 3.8) is 0 Å². The van der Waals surface area contributed by atoms with Crippen LogP contribution in [0.4, 0.5) is 4.79 Å². The zero-order valence-electron chi connectivity index (χ0n) is 9.75. The van der Waals surface area contributed by atoms with Crippen molar-refractivity contribution in [2.45, 2.75) is 25.7 Å². The predicted molar refractivity (Wildman–Crippen MR) is 64.9 cm³/mol. The van der Waals surface area contributed by atoms with Gasteiger partial charge in [0.15, 0.2) is 0 Å². The fourth-order valence-corrected chi connectivity index (χ4v) is 2.94. The van der Waals surface area contributed by atoms with E-state index >= 15 is 0 Å². The van der Waals surface area contributed by atoms with Crippen LogP contribution < -0.4 is 5.32 Å². The molecule has 2 rings (SSSR count). The molecule has 0 aliphatic heterocycles. The van der Waals surface area contributed by atoms with Crippen LogP contribution in [0.3, 0.4) is 0 Å². The number of nitrogens with one attached hydrogen (secondary N) is 1. The molecule has 0 aromatic carbocycles. The van der Waals surface area contributed by atoms with E-state index in [1.54, 1.807) is 30.3 Å². The van der Waals surface area contributed by atoms with Crippen molar-refractivity contribution in [1.29, 1.82) is 0 Å². The highest BCUT2D eigenvalue weighted by Crippen LogP contribution is 2.27. The van der Waals surface area contributed by atoms with Gasteiger partial charge < -0.3 is 10.2 Å². The highest BCUT2D eigenvalue weighted by molar-refractivity contribution is 7.11. The molecule has 1 aliphatic rings. The molecule has 1 aromatic heterocycles. The number of hydrogen-bond donors (Lipinski definition) is 1. The smallest absolute Gasteiger partial charge is 0.316 e. The summed E-state index contributed by atoms with van der Waals surface area (Å²) in [5.74, 6) is 0.